The van der Waals surface area contributed by atoms with Crippen molar-refractivity contribution in [2.75, 3.05) is 40.8 Å². The lowest BCUT2D eigenvalue weighted by molar-refractivity contribution is -0.870. The van der Waals surface area contributed by atoms with E-state index in [0.29, 0.717) is 0 Å². The van der Waals surface area contributed by atoms with E-state index < -0.39 is 0 Å². The van der Waals surface area contributed by atoms with E-state index in [9.17, 15) is 0 Å². The Kier molecular flexibility index (Phi) is 9.45. The molecular weight excluding hydrogens is 200 g/mol. The predicted molar refractivity (Wildman–Crippen MR) is 73.6 cm³/mol. The molecule has 0 unspecified atom stereocenters. The van der Waals surface area contributed by atoms with E-state index in [4.69, 9.17) is 0 Å². The number of quaternary nitrogens is 1. The zero-order valence-corrected chi connectivity index (χ0v) is 13.3. The highest BCUT2D eigenvalue weighted by atomic mass is 28.1. The second kappa shape index (κ2) is 9.37. The van der Waals surface area contributed by atoms with Crippen molar-refractivity contribution >= 4 is 10.2 Å². The lowest BCUT2D eigenvalue weighted by atomic mass is 10.2. The second-order valence-corrected chi connectivity index (χ2v) is 6.53. The van der Waals surface area contributed by atoms with Crippen molar-refractivity contribution < 1.29 is 4.48 Å². The fourth-order valence-electron chi connectivity index (χ4n) is 1.62. The number of rotatable bonds is 10. The molecule has 0 fully saturated rings. The molecule has 0 aliphatic carbocycles. The molecule has 0 aromatic rings. The van der Waals surface area contributed by atoms with Gasteiger partial charge in [-0.1, -0.05) is 12.5 Å². The minimum atomic E-state index is 1.11. The zero-order valence-electron chi connectivity index (χ0n) is 11.3. The first-order chi connectivity index (χ1) is 7.06. The van der Waals surface area contributed by atoms with Crippen LogP contribution in [-0.2, 0) is 0 Å². The Morgan fingerprint density at radius 3 is 2.07 bits per heavy atom. The average Bonchev–Trinajstić information content (AvgIpc) is 2.14. The first-order valence-electron chi connectivity index (χ1n) is 6.57. The van der Waals surface area contributed by atoms with Gasteiger partial charge < -0.3 is 9.80 Å². The standard InChI is InChI=1S/C12H31N2Si/c1-14(2,3)11-7-5-4-6-9-13-10-8-12-15/h13H,4-12H2,1-3,15H3/q+1. The molecule has 92 valence electrons. The molecule has 15 heavy (non-hydrogen) atoms. The van der Waals surface area contributed by atoms with Gasteiger partial charge in [0, 0.05) is 10.2 Å². The maximum atomic E-state index is 3.51. The predicted octanol–water partition coefficient (Wildman–Crippen LogP) is 1.02. The molecule has 0 aliphatic heterocycles. The van der Waals surface area contributed by atoms with Crippen molar-refractivity contribution in [3.63, 3.8) is 0 Å². The lowest BCUT2D eigenvalue weighted by Gasteiger charge is -2.23. The van der Waals surface area contributed by atoms with Crippen LogP contribution in [-0.4, -0.2) is 55.5 Å². The van der Waals surface area contributed by atoms with Crippen LogP contribution in [0.2, 0.25) is 6.04 Å². The van der Waals surface area contributed by atoms with E-state index in [0.717, 1.165) is 4.48 Å². The van der Waals surface area contributed by atoms with Crippen LogP contribution in [0.15, 0.2) is 0 Å². The highest BCUT2D eigenvalue weighted by Crippen LogP contribution is 2.02. The molecule has 0 aromatic heterocycles. The van der Waals surface area contributed by atoms with Crippen molar-refractivity contribution in [3.05, 3.63) is 0 Å². The summed E-state index contributed by atoms with van der Waals surface area (Å²) in [7, 11) is 8.18. The average molecular weight is 231 g/mol. The zero-order chi connectivity index (χ0) is 11.6. The van der Waals surface area contributed by atoms with Crippen LogP contribution in [0.4, 0.5) is 0 Å². The Labute approximate surface area is 99.4 Å². The Balaban J connectivity index is 2.99. The Morgan fingerprint density at radius 1 is 0.867 bits per heavy atom. The summed E-state index contributed by atoms with van der Waals surface area (Å²) in [6.07, 6.45) is 6.92. The number of hydrogen-bond donors (Lipinski definition) is 1. The third kappa shape index (κ3) is 14.1. The van der Waals surface area contributed by atoms with Gasteiger partial charge in [0.05, 0.1) is 27.7 Å². The van der Waals surface area contributed by atoms with Crippen molar-refractivity contribution in [2.24, 2.45) is 0 Å². The van der Waals surface area contributed by atoms with Crippen LogP contribution in [0.25, 0.3) is 0 Å². The molecule has 0 spiro atoms. The number of nitrogens with zero attached hydrogens (tertiary/aromatic N) is 1. The van der Waals surface area contributed by atoms with Gasteiger partial charge in [0.1, 0.15) is 0 Å². The highest BCUT2D eigenvalue weighted by molar-refractivity contribution is 6.08. The summed E-state index contributed by atoms with van der Waals surface area (Å²) in [5.74, 6) is 0. The van der Waals surface area contributed by atoms with Gasteiger partial charge in [0.2, 0.25) is 0 Å². The number of hydrogen-bond acceptors (Lipinski definition) is 1. The SMILES string of the molecule is C[N+](C)(C)CCCCCCNCCC[SiH3]. The highest BCUT2D eigenvalue weighted by Gasteiger charge is 2.04. The van der Waals surface area contributed by atoms with Gasteiger partial charge in [-0.2, -0.15) is 0 Å². The Hall–Kier alpha value is 0.137. The smallest absolute Gasteiger partial charge is 0.0780 e. The quantitative estimate of drug-likeness (QED) is 0.336. The van der Waals surface area contributed by atoms with Gasteiger partial charge in [-0.25, -0.2) is 0 Å². The summed E-state index contributed by atoms with van der Waals surface area (Å²) >= 11 is 0. The molecule has 0 aliphatic rings. The minimum absolute atomic E-state index is 1.11. The number of nitrogens with one attached hydrogen (secondary N) is 1. The van der Waals surface area contributed by atoms with E-state index in [-0.39, 0.29) is 0 Å². The summed E-state index contributed by atoms with van der Waals surface area (Å²) < 4.78 is 1.11. The van der Waals surface area contributed by atoms with E-state index in [1.54, 1.807) is 0 Å². The minimum Gasteiger partial charge on any atom is -0.331 e. The molecule has 0 rings (SSSR count). The van der Waals surface area contributed by atoms with Gasteiger partial charge in [-0.3, -0.25) is 0 Å². The van der Waals surface area contributed by atoms with Gasteiger partial charge in [0.25, 0.3) is 0 Å². The lowest BCUT2D eigenvalue weighted by Crippen LogP contribution is -2.35. The first-order valence-corrected chi connectivity index (χ1v) is 7.99. The molecule has 0 atom stereocenters. The molecule has 0 saturated carbocycles. The molecule has 0 heterocycles. The monoisotopic (exact) mass is 231 g/mol. The molecule has 0 aromatic carbocycles. The van der Waals surface area contributed by atoms with Crippen LogP contribution < -0.4 is 5.32 Å². The summed E-state index contributed by atoms with van der Waals surface area (Å²) in [4.78, 5) is 0. The normalized spacial score (nSPS) is 12.2. The van der Waals surface area contributed by atoms with E-state index in [2.05, 4.69) is 26.5 Å². The summed E-state index contributed by atoms with van der Waals surface area (Å²) in [5.41, 5.74) is 0. The number of unbranched alkanes of at least 4 members (excludes halogenated alkanes) is 3. The van der Waals surface area contributed by atoms with Gasteiger partial charge in [0.15, 0.2) is 0 Å². The molecule has 0 amide bonds. The Bertz CT molecular complexity index is 132. The van der Waals surface area contributed by atoms with Gasteiger partial charge >= 0.3 is 0 Å². The van der Waals surface area contributed by atoms with Crippen LogP contribution in [0, 0.1) is 0 Å². The molecule has 0 saturated heterocycles. The molecule has 0 radical (unpaired) electrons. The van der Waals surface area contributed by atoms with Crippen LogP contribution >= 0.6 is 0 Å². The van der Waals surface area contributed by atoms with E-state index in [1.807, 2.05) is 0 Å². The molecular formula is C12H31N2Si+. The summed E-state index contributed by atoms with van der Waals surface area (Å²) in [5, 5.41) is 3.51. The Morgan fingerprint density at radius 2 is 1.47 bits per heavy atom. The molecule has 2 nitrogen and oxygen atoms in total. The fraction of sp³-hybridized carbons (Fsp3) is 1.00. The van der Waals surface area contributed by atoms with Gasteiger partial charge in [-0.15, -0.1) is 0 Å². The van der Waals surface area contributed by atoms with Crippen molar-refractivity contribution in [1.29, 1.82) is 0 Å². The van der Waals surface area contributed by atoms with Crippen LogP contribution in [0.3, 0.4) is 0 Å². The van der Waals surface area contributed by atoms with Crippen molar-refractivity contribution in [2.45, 2.75) is 38.1 Å². The maximum Gasteiger partial charge on any atom is 0.0780 e. The first kappa shape index (κ1) is 15.1. The largest absolute Gasteiger partial charge is 0.331 e. The van der Waals surface area contributed by atoms with Crippen molar-refractivity contribution in [3.8, 4) is 0 Å². The topological polar surface area (TPSA) is 12.0 Å². The van der Waals surface area contributed by atoms with Crippen LogP contribution in [0.1, 0.15) is 32.1 Å². The second-order valence-electron chi connectivity index (χ2n) is 5.53. The third-order valence-electron chi connectivity index (χ3n) is 2.64. The molecule has 0 bridgehead atoms. The van der Waals surface area contributed by atoms with E-state index >= 15 is 0 Å². The fourth-order valence-corrected chi connectivity index (χ4v) is 1.97. The van der Waals surface area contributed by atoms with E-state index in [1.165, 1.54) is 68.0 Å². The van der Waals surface area contributed by atoms with Crippen LogP contribution in [0.5, 0.6) is 0 Å². The summed E-state index contributed by atoms with van der Waals surface area (Å²) in [6, 6.07) is 1.44. The molecule has 1 N–H and O–H groups in total. The van der Waals surface area contributed by atoms with Crippen molar-refractivity contribution in [1.82, 2.24) is 5.32 Å². The third-order valence-corrected chi connectivity index (χ3v) is 3.35. The van der Waals surface area contributed by atoms with Gasteiger partial charge in [-0.05, 0) is 38.8 Å². The summed E-state index contributed by atoms with van der Waals surface area (Å²) in [6.45, 7) is 3.78. The maximum absolute atomic E-state index is 3.51. The molecule has 3 heteroatoms.